The van der Waals surface area contributed by atoms with Gasteiger partial charge in [0.2, 0.25) is 17.7 Å². The summed E-state index contributed by atoms with van der Waals surface area (Å²) >= 11 is 0. The first-order valence-corrected chi connectivity index (χ1v) is 17.0. The van der Waals surface area contributed by atoms with E-state index >= 15 is 0 Å². The van der Waals surface area contributed by atoms with Crippen molar-refractivity contribution in [3.05, 3.63) is 29.8 Å². The molecule has 4 amide bonds. The summed E-state index contributed by atoms with van der Waals surface area (Å²) in [7, 11) is 0. The SMILES string of the molecule is CC(C)(CC(=O)NC(CCCC(=O)NC(CCCCNC(=O)c1ccc(NCCC2CCC2)cc1)C(N)=O)C(=O)O)CC(C)(C)C(=O)O. The molecule has 1 fully saturated rings. The Morgan fingerprint density at radius 3 is 2.04 bits per heavy atom. The molecule has 0 radical (unpaired) electrons. The van der Waals surface area contributed by atoms with E-state index in [0.717, 1.165) is 24.6 Å². The minimum Gasteiger partial charge on any atom is -0.481 e. The van der Waals surface area contributed by atoms with Gasteiger partial charge in [0.15, 0.2) is 0 Å². The third-order valence-electron chi connectivity index (χ3n) is 8.81. The molecule has 13 heteroatoms. The van der Waals surface area contributed by atoms with Crippen LogP contribution in [0.25, 0.3) is 0 Å². The van der Waals surface area contributed by atoms with Crippen LogP contribution in [0.5, 0.6) is 0 Å². The highest BCUT2D eigenvalue weighted by atomic mass is 16.4. The van der Waals surface area contributed by atoms with Gasteiger partial charge in [-0.15, -0.1) is 0 Å². The molecule has 13 nitrogen and oxygen atoms in total. The van der Waals surface area contributed by atoms with E-state index in [4.69, 9.17) is 5.73 Å². The lowest BCUT2D eigenvalue weighted by Gasteiger charge is -2.32. The number of nitrogens with one attached hydrogen (secondary N) is 4. The fraction of sp³-hybridized carbons (Fsp3) is 0.657. The molecule has 0 saturated heterocycles. The van der Waals surface area contributed by atoms with Crippen molar-refractivity contribution in [2.75, 3.05) is 18.4 Å². The fourth-order valence-electron chi connectivity index (χ4n) is 6.01. The minimum absolute atomic E-state index is 0.0177. The molecule has 48 heavy (non-hydrogen) atoms. The molecular weight excluding hydrogens is 618 g/mol. The van der Waals surface area contributed by atoms with Crippen LogP contribution < -0.4 is 27.0 Å². The van der Waals surface area contributed by atoms with E-state index in [-0.39, 0.29) is 44.4 Å². The van der Waals surface area contributed by atoms with Gasteiger partial charge in [-0.1, -0.05) is 33.1 Å². The van der Waals surface area contributed by atoms with Crippen LogP contribution in [-0.4, -0.2) is 71.0 Å². The van der Waals surface area contributed by atoms with E-state index in [1.54, 1.807) is 39.8 Å². The van der Waals surface area contributed by atoms with Gasteiger partial charge >= 0.3 is 11.9 Å². The quantitative estimate of drug-likeness (QED) is 0.0839. The highest BCUT2D eigenvalue weighted by molar-refractivity contribution is 5.94. The van der Waals surface area contributed by atoms with Crippen molar-refractivity contribution in [2.24, 2.45) is 22.5 Å². The number of carbonyl (C=O) groups is 6. The second kappa shape index (κ2) is 19.0. The Morgan fingerprint density at radius 1 is 0.854 bits per heavy atom. The van der Waals surface area contributed by atoms with Crippen LogP contribution in [0, 0.1) is 16.7 Å². The van der Waals surface area contributed by atoms with Crippen LogP contribution in [0.3, 0.4) is 0 Å². The molecule has 1 aliphatic rings. The smallest absolute Gasteiger partial charge is 0.326 e. The summed E-state index contributed by atoms with van der Waals surface area (Å²) in [5.74, 6) is -3.29. The third kappa shape index (κ3) is 14.7. The Kier molecular flexibility index (Phi) is 15.8. The number of carbonyl (C=O) groups excluding carboxylic acids is 4. The number of carboxylic acids is 2. The topological polar surface area (TPSA) is 217 Å². The Labute approximate surface area is 283 Å². The average Bonchev–Trinajstić information content (AvgIpc) is 2.96. The summed E-state index contributed by atoms with van der Waals surface area (Å²) < 4.78 is 0. The number of rotatable bonds is 23. The lowest BCUT2D eigenvalue weighted by Crippen LogP contribution is -2.45. The molecule has 268 valence electrons. The molecule has 1 aliphatic carbocycles. The zero-order valence-corrected chi connectivity index (χ0v) is 28.9. The van der Waals surface area contributed by atoms with Crippen LogP contribution in [0.2, 0.25) is 0 Å². The fourth-order valence-corrected chi connectivity index (χ4v) is 6.01. The molecule has 0 aliphatic heterocycles. The number of primary amides is 1. The first-order chi connectivity index (χ1) is 22.5. The van der Waals surface area contributed by atoms with Gasteiger partial charge in [-0.25, -0.2) is 4.79 Å². The molecular formula is C35H55N5O8. The van der Waals surface area contributed by atoms with Crippen LogP contribution in [0.1, 0.15) is 115 Å². The van der Waals surface area contributed by atoms with Gasteiger partial charge in [0.25, 0.3) is 5.91 Å². The zero-order valence-electron chi connectivity index (χ0n) is 28.9. The predicted molar refractivity (Wildman–Crippen MR) is 182 cm³/mol. The van der Waals surface area contributed by atoms with E-state index in [1.165, 1.54) is 19.3 Å². The van der Waals surface area contributed by atoms with Crippen LogP contribution in [0.15, 0.2) is 24.3 Å². The number of aliphatic carboxylic acids is 2. The normalized spacial score (nSPS) is 14.6. The first-order valence-electron chi connectivity index (χ1n) is 17.0. The molecule has 2 unspecified atom stereocenters. The number of hydrogen-bond acceptors (Lipinski definition) is 7. The number of amides is 4. The van der Waals surface area contributed by atoms with Crippen LogP contribution >= 0.6 is 0 Å². The highest BCUT2D eigenvalue weighted by Gasteiger charge is 2.36. The number of carboxylic acid groups (broad SMARTS) is 2. The Morgan fingerprint density at radius 2 is 1.48 bits per heavy atom. The summed E-state index contributed by atoms with van der Waals surface area (Å²) in [6, 6.07) is 5.19. The van der Waals surface area contributed by atoms with Crippen LogP contribution in [0.4, 0.5) is 5.69 Å². The van der Waals surface area contributed by atoms with Crippen LogP contribution in [-0.2, 0) is 24.0 Å². The number of hydrogen-bond donors (Lipinski definition) is 7. The van der Waals surface area contributed by atoms with E-state index < -0.39 is 52.6 Å². The molecule has 1 saturated carbocycles. The standard InChI is InChI=1S/C35H55N5O8/c1-34(2,22-35(3,4)33(47)48)21-29(42)40-27(32(45)46)12-8-13-28(41)39-26(30(36)43)11-5-6-19-38-31(44)24-14-16-25(17-15-24)37-20-18-23-9-7-10-23/h14-17,23,26-27,37H,5-13,18-22H2,1-4H3,(H2,36,43)(H,38,44)(H,39,41)(H,40,42)(H,45,46)(H,47,48). The lowest BCUT2D eigenvalue weighted by atomic mass is 9.73. The molecule has 8 N–H and O–H groups in total. The van der Waals surface area contributed by atoms with Crippen molar-refractivity contribution in [3.8, 4) is 0 Å². The van der Waals surface area contributed by atoms with E-state index in [0.29, 0.717) is 24.9 Å². The predicted octanol–water partition coefficient (Wildman–Crippen LogP) is 3.82. The molecule has 1 aromatic rings. The van der Waals surface area contributed by atoms with Crippen molar-refractivity contribution >= 4 is 41.3 Å². The van der Waals surface area contributed by atoms with E-state index in [2.05, 4.69) is 21.3 Å². The third-order valence-corrected chi connectivity index (χ3v) is 8.81. The van der Waals surface area contributed by atoms with Gasteiger partial charge in [-0.2, -0.15) is 0 Å². The Hall–Kier alpha value is -4.16. The largest absolute Gasteiger partial charge is 0.481 e. The van der Waals surface area contributed by atoms with Crippen molar-refractivity contribution in [1.29, 1.82) is 0 Å². The van der Waals surface area contributed by atoms with Gasteiger partial charge in [0.05, 0.1) is 5.41 Å². The number of nitrogens with two attached hydrogens (primary N) is 1. The van der Waals surface area contributed by atoms with Crippen molar-refractivity contribution in [3.63, 3.8) is 0 Å². The maximum absolute atomic E-state index is 12.6. The number of unbranched alkanes of at least 4 members (excludes halogenated alkanes) is 1. The lowest BCUT2D eigenvalue weighted by molar-refractivity contribution is -0.149. The van der Waals surface area contributed by atoms with Gasteiger partial charge in [-0.3, -0.25) is 24.0 Å². The summed E-state index contributed by atoms with van der Waals surface area (Å²) in [5, 5.41) is 30.3. The molecule has 2 atom stereocenters. The van der Waals surface area contributed by atoms with E-state index in [9.17, 15) is 39.0 Å². The van der Waals surface area contributed by atoms with Crippen molar-refractivity contribution in [1.82, 2.24) is 16.0 Å². The van der Waals surface area contributed by atoms with E-state index in [1.807, 2.05) is 12.1 Å². The minimum atomic E-state index is -1.25. The summed E-state index contributed by atoms with van der Waals surface area (Å²) in [5.41, 5.74) is 5.27. The molecule has 0 heterocycles. The maximum atomic E-state index is 12.6. The first kappa shape index (κ1) is 40.0. The Bertz CT molecular complexity index is 1260. The summed E-state index contributed by atoms with van der Waals surface area (Å²) in [4.78, 5) is 72.8. The van der Waals surface area contributed by atoms with Gasteiger partial charge in [0.1, 0.15) is 12.1 Å². The van der Waals surface area contributed by atoms with Gasteiger partial charge in [-0.05, 0) is 94.4 Å². The average molecular weight is 674 g/mol. The second-order valence-electron chi connectivity index (χ2n) is 14.4. The summed E-state index contributed by atoms with van der Waals surface area (Å²) in [6.45, 7) is 7.94. The van der Waals surface area contributed by atoms with Crippen molar-refractivity contribution in [2.45, 2.75) is 117 Å². The second-order valence-corrected chi connectivity index (χ2v) is 14.4. The van der Waals surface area contributed by atoms with Gasteiger partial charge in [0, 0.05) is 37.2 Å². The monoisotopic (exact) mass is 673 g/mol. The van der Waals surface area contributed by atoms with Gasteiger partial charge < -0.3 is 37.2 Å². The highest BCUT2D eigenvalue weighted by Crippen LogP contribution is 2.36. The molecule has 0 spiro atoms. The molecule has 0 bridgehead atoms. The molecule has 2 rings (SSSR count). The molecule has 0 aromatic heterocycles. The number of anilines is 1. The molecule has 1 aromatic carbocycles. The number of benzene rings is 1. The Balaban J connectivity index is 1.68. The maximum Gasteiger partial charge on any atom is 0.326 e. The summed E-state index contributed by atoms with van der Waals surface area (Å²) in [6.07, 6.45) is 6.68. The van der Waals surface area contributed by atoms with Crippen molar-refractivity contribution < 1.29 is 39.0 Å². The zero-order chi connectivity index (χ0) is 35.9.